The molecule has 11 heteroatoms. The van der Waals surface area contributed by atoms with Crippen LogP contribution in [0, 0.1) is 5.92 Å². The SMILES string of the molecule is COS(=O)(=O)c1cc(CC(=O)CC2CC2)ccc1/C=C/c1ccc(NC(C)=O)cc1S(=O)(=O)OC. The molecular weight excluding hydrogens is 494 g/mol. The number of ketones is 1. The average molecular weight is 522 g/mol. The smallest absolute Gasteiger partial charge is 0.297 e. The van der Waals surface area contributed by atoms with Crippen LogP contribution in [0.1, 0.15) is 42.9 Å². The second-order valence-corrected chi connectivity index (χ2v) is 11.6. The highest BCUT2D eigenvalue weighted by molar-refractivity contribution is 7.87. The molecular formula is C24H27NO8S2. The van der Waals surface area contributed by atoms with Gasteiger partial charge in [-0.1, -0.05) is 30.4 Å². The van der Waals surface area contributed by atoms with Gasteiger partial charge in [-0.25, -0.2) is 0 Å². The molecule has 1 fully saturated rings. The normalized spacial score (nSPS) is 14.3. The fourth-order valence-corrected chi connectivity index (χ4v) is 5.29. The lowest BCUT2D eigenvalue weighted by atomic mass is 10.0. The molecule has 0 saturated heterocycles. The standard InChI is InChI=1S/C24H27NO8S2/c1-16(26)25-21-11-10-20(24(15-21)35(30,31)33-3)9-8-19-7-6-18(13-22(27)12-17-4-5-17)14-23(19)34(28,29)32-2/h6-11,14-15,17H,4-5,12-13H2,1-3H3,(H,25,26)/b9-8+. The van der Waals surface area contributed by atoms with Crippen LogP contribution in [0.25, 0.3) is 12.2 Å². The van der Waals surface area contributed by atoms with Crippen molar-refractivity contribution in [3.63, 3.8) is 0 Å². The van der Waals surface area contributed by atoms with Crippen LogP contribution in [-0.4, -0.2) is 42.7 Å². The third kappa shape index (κ3) is 7.07. The van der Waals surface area contributed by atoms with Crippen molar-refractivity contribution < 1.29 is 34.8 Å². The zero-order valence-electron chi connectivity index (χ0n) is 19.6. The molecule has 1 saturated carbocycles. The maximum absolute atomic E-state index is 12.6. The Morgan fingerprint density at radius 1 is 0.914 bits per heavy atom. The number of hydrogen-bond acceptors (Lipinski definition) is 8. The Bertz CT molecular complexity index is 1370. The number of amides is 1. The fraction of sp³-hybridized carbons (Fsp3) is 0.333. The van der Waals surface area contributed by atoms with Gasteiger partial charge in [-0.15, -0.1) is 0 Å². The summed E-state index contributed by atoms with van der Waals surface area (Å²) < 4.78 is 59.4. The fourth-order valence-electron chi connectivity index (χ4n) is 3.52. The summed E-state index contributed by atoms with van der Waals surface area (Å²) in [5, 5.41) is 2.51. The van der Waals surface area contributed by atoms with E-state index in [1.165, 1.54) is 49.4 Å². The molecule has 35 heavy (non-hydrogen) atoms. The number of carbonyl (C=O) groups excluding carboxylic acids is 2. The summed E-state index contributed by atoms with van der Waals surface area (Å²) in [6, 6.07) is 8.82. The first kappa shape index (κ1) is 26.7. The molecule has 0 bridgehead atoms. The number of nitrogens with one attached hydrogen (secondary N) is 1. The minimum Gasteiger partial charge on any atom is -0.326 e. The molecule has 0 radical (unpaired) electrons. The van der Waals surface area contributed by atoms with Gasteiger partial charge >= 0.3 is 0 Å². The molecule has 0 heterocycles. The highest BCUT2D eigenvalue weighted by Gasteiger charge is 2.25. The molecule has 0 aromatic heterocycles. The van der Waals surface area contributed by atoms with E-state index in [1.54, 1.807) is 6.07 Å². The van der Waals surface area contributed by atoms with E-state index in [0.29, 0.717) is 17.9 Å². The highest BCUT2D eigenvalue weighted by atomic mass is 32.2. The van der Waals surface area contributed by atoms with Gasteiger partial charge < -0.3 is 5.32 Å². The van der Waals surface area contributed by atoms with E-state index in [-0.39, 0.29) is 44.7 Å². The van der Waals surface area contributed by atoms with Gasteiger partial charge in [0.15, 0.2) is 0 Å². The molecule has 2 aromatic rings. The third-order valence-electron chi connectivity index (χ3n) is 5.45. The van der Waals surface area contributed by atoms with Gasteiger partial charge in [0, 0.05) is 25.5 Å². The average Bonchev–Trinajstić information content (AvgIpc) is 3.62. The predicted molar refractivity (Wildman–Crippen MR) is 131 cm³/mol. The van der Waals surface area contributed by atoms with Gasteiger partial charge in [-0.2, -0.15) is 16.8 Å². The summed E-state index contributed by atoms with van der Waals surface area (Å²) in [4.78, 5) is 23.3. The highest BCUT2D eigenvalue weighted by Crippen LogP contribution is 2.33. The Morgan fingerprint density at radius 2 is 1.46 bits per heavy atom. The molecule has 188 valence electrons. The first-order chi connectivity index (χ1) is 16.4. The molecule has 0 spiro atoms. The van der Waals surface area contributed by atoms with Crippen molar-refractivity contribution in [3.05, 3.63) is 53.1 Å². The van der Waals surface area contributed by atoms with Crippen LogP contribution < -0.4 is 5.32 Å². The number of carbonyl (C=O) groups is 2. The van der Waals surface area contributed by atoms with Gasteiger partial charge in [0.05, 0.1) is 14.2 Å². The second kappa shape index (κ2) is 10.8. The second-order valence-electron chi connectivity index (χ2n) is 8.24. The molecule has 3 rings (SSSR count). The Labute approximate surface area is 205 Å². The van der Waals surface area contributed by atoms with Crippen LogP contribution in [-0.2, 0) is 44.6 Å². The molecule has 0 atom stereocenters. The van der Waals surface area contributed by atoms with Crippen molar-refractivity contribution in [2.45, 2.75) is 42.4 Å². The van der Waals surface area contributed by atoms with Crippen molar-refractivity contribution in [1.29, 1.82) is 0 Å². The van der Waals surface area contributed by atoms with Crippen LogP contribution in [0.5, 0.6) is 0 Å². The predicted octanol–water partition coefficient (Wildman–Crippen LogP) is 3.40. The minimum absolute atomic E-state index is 0.0465. The van der Waals surface area contributed by atoms with E-state index in [9.17, 15) is 26.4 Å². The Hall–Kier alpha value is -2.86. The molecule has 1 aliphatic rings. The molecule has 0 unspecified atom stereocenters. The van der Waals surface area contributed by atoms with E-state index in [4.69, 9.17) is 4.18 Å². The Balaban J connectivity index is 2.00. The van der Waals surface area contributed by atoms with E-state index in [2.05, 4.69) is 9.50 Å². The van der Waals surface area contributed by atoms with Crippen LogP contribution in [0.2, 0.25) is 0 Å². The van der Waals surface area contributed by atoms with Crippen molar-refractivity contribution in [2.24, 2.45) is 5.92 Å². The van der Waals surface area contributed by atoms with E-state index >= 15 is 0 Å². The summed E-state index contributed by atoms with van der Waals surface area (Å²) in [5.41, 5.74) is 1.27. The lowest BCUT2D eigenvalue weighted by Gasteiger charge is -2.11. The Kier molecular flexibility index (Phi) is 8.26. The van der Waals surface area contributed by atoms with Gasteiger partial charge in [0.2, 0.25) is 5.91 Å². The lowest BCUT2D eigenvalue weighted by molar-refractivity contribution is -0.118. The number of Topliss-reactive ketones (excluding diaryl/α,β-unsaturated/α-hetero) is 1. The van der Waals surface area contributed by atoms with Crippen LogP contribution >= 0.6 is 0 Å². The molecule has 1 aliphatic carbocycles. The van der Waals surface area contributed by atoms with Crippen LogP contribution in [0.4, 0.5) is 5.69 Å². The summed E-state index contributed by atoms with van der Waals surface area (Å²) in [6.07, 6.45) is 5.55. The van der Waals surface area contributed by atoms with Crippen molar-refractivity contribution in [3.8, 4) is 0 Å². The monoisotopic (exact) mass is 521 g/mol. The largest absolute Gasteiger partial charge is 0.326 e. The quantitative estimate of drug-likeness (QED) is 0.351. The molecule has 1 N–H and O–H groups in total. The van der Waals surface area contributed by atoms with Crippen molar-refractivity contribution in [2.75, 3.05) is 19.5 Å². The number of hydrogen-bond donors (Lipinski definition) is 1. The van der Waals surface area contributed by atoms with E-state index in [1.807, 2.05) is 0 Å². The summed E-state index contributed by atoms with van der Waals surface area (Å²) in [6.45, 7) is 1.29. The first-order valence-corrected chi connectivity index (χ1v) is 13.6. The molecule has 0 aliphatic heterocycles. The summed E-state index contributed by atoms with van der Waals surface area (Å²) in [7, 11) is -6.21. The minimum atomic E-state index is -4.14. The zero-order valence-corrected chi connectivity index (χ0v) is 21.2. The van der Waals surface area contributed by atoms with Crippen LogP contribution in [0.3, 0.4) is 0 Å². The topological polar surface area (TPSA) is 133 Å². The maximum Gasteiger partial charge on any atom is 0.297 e. The van der Waals surface area contributed by atoms with Crippen molar-refractivity contribution >= 4 is 49.8 Å². The first-order valence-electron chi connectivity index (χ1n) is 10.8. The third-order valence-corrected chi connectivity index (χ3v) is 8.11. The van der Waals surface area contributed by atoms with E-state index < -0.39 is 20.2 Å². The molecule has 2 aromatic carbocycles. The van der Waals surface area contributed by atoms with Crippen LogP contribution in [0.15, 0.2) is 46.2 Å². The van der Waals surface area contributed by atoms with Gasteiger partial charge in [-0.05, 0) is 53.6 Å². The molecule has 1 amide bonds. The number of anilines is 1. The van der Waals surface area contributed by atoms with Gasteiger partial charge in [0.25, 0.3) is 20.2 Å². The van der Waals surface area contributed by atoms with Gasteiger partial charge in [0.1, 0.15) is 15.6 Å². The zero-order chi connectivity index (χ0) is 25.8. The number of benzene rings is 2. The number of rotatable bonds is 11. The van der Waals surface area contributed by atoms with Crippen molar-refractivity contribution in [1.82, 2.24) is 0 Å². The molecule has 9 nitrogen and oxygen atoms in total. The maximum atomic E-state index is 12.6. The van der Waals surface area contributed by atoms with Gasteiger partial charge in [-0.3, -0.25) is 18.0 Å². The summed E-state index contributed by atoms with van der Waals surface area (Å²) in [5.74, 6) is 0.103. The lowest BCUT2D eigenvalue weighted by Crippen LogP contribution is -2.09. The summed E-state index contributed by atoms with van der Waals surface area (Å²) >= 11 is 0. The van der Waals surface area contributed by atoms with E-state index in [0.717, 1.165) is 27.1 Å². The Morgan fingerprint density at radius 3 is 1.97 bits per heavy atom.